The Hall–Kier alpha value is -2.28. The fourth-order valence-corrected chi connectivity index (χ4v) is 1.92. The first-order valence-electron chi connectivity index (χ1n) is 6.53. The highest BCUT2D eigenvalue weighted by Gasteiger charge is 2.22. The summed E-state index contributed by atoms with van der Waals surface area (Å²) in [7, 11) is 0. The maximum atomic E-state index is 14.1. The number of nitro groups is 1. The molecule has 21 heavy (non-hydrogen) atoms. The number of aliphatic hydroxyl groups is 1. The van der Waals surface area contributed by atoms with E-state index >= 15 is 0 Å². The highest BCUT2D eigenvalue weighted by atomic mass is 19.1. The van der Waals surface area contributed by atoms with E-state index in [9.17, 15) is 19.6 Å². The summed E-state index contributed by atoms with van der Waals surface area (Å²) < 4.78 is 14.1. The van der Waals surface area contributed by atoms with Gasteiger partial charge < -0.3 is 10.4 Å². The minimum absolute atomic E-state index is 0.0601. The summed E-state index contributed by atoms with van der Waals surface area (Å²) in [5.74, 6) is -0.764. The molecule has 112 valence electrons. The Morgan fingerprint density at radius 1 is 1.57 bits per heavy atom. The molecule has 1 unspecified atom stereocenters. The zero-order valence-corrected chi connectivity index (χ0v) is 11.8. The first-order valence-corrected chi connectivity index (χ1v) is 6.53. The highest BCUT2D eigenvalue weighted by Crippen LogP contribution is 2.32. The van der Waals surface area contributed by atoms with Gasteiger partial charge in [-0.25, -0.2) is 4.39 Å². The van der Waals surface area contributed by atoms with Gasteiger partial charge in [0.15, 0.2) is 5.82 Å². The SMILES string of the molecule is CCC(C)(O)CNc1c(F)cc([N+](=O)[O-])c2cccnc12. The molecular formula is C14H16FN3O3. The van der Waals surface area contributed by atoms with Crippen LogP contribution in [0.3, 0.4) is 0 Å². The zero-order chi connectivity index (χ0) is 15.6. The Morgan fingerprint density at radius 2 is 2.29 bits per heavy atom. The number of aromatic nitrogens is 1. The molecule has 6 nitrogen and oxygen atoms in total. The zero-order valence-electron chi connectivity index (χ0n) is 11.8. The number of halogens is 1. The number of nitro benzene ring substituents is 1. The van der Waals surface area contributed by atoms with E-state index in [1.54, 1.807) is 13.0 Å². The number of hydrogen-bond acceptors (Lipinski definition) is 5. The van der Waals surface area contributed by atoms with Crippen LogP contribution in [-0.2, 0) is 0 Å². The molecule has 0 bridgehead atoms. The second-order valence-corrected chi connectivity index (χ2v) is 5.11. The molecule has 2 N–H and O–H groups in total. The average molecular weight is 293 g/mol. The highest BCUT2D eigenvalue weighted by molar-refractivity contribution is 5.97. The number of anilines is 1. The van der Waals surface area contributed by atoms with Crippen molar-refractivity contribution < 1.29 is 14.4 Å². The number of benzene rings is 1. The van der Waals surface area contributed by atoms with Crippen molar-refractivity contribution in [3.05, 3.63) is 40.3 Å². The molecular weight excluding hydrogens is 277 g/mol. The lowest BCUT2D eigenvalue weighted by molar-refractivity contribution is -0.383. The minimum atomic E-state index is -1.00. The number of non-ortho nitro benzene ring substituents is 1. The van der Waals surface area contributed by atoms with Crippen LogP contribution in [0.25, 0.3) is 10.9 Å². The predicted molar refractivity (Wildman–Crippen MR) is 77.8 cm³/mol. The van der Waals surface area contributed by atoms with Crippen LogP contribution >= 0.6 is 0 Å². The maximum absolute atomic E-state index is 14.1. The second kappa shape index (κ2) is 5.61. The third kappa shape index (κ3) is 3.08. The van der Waals surface area contributed by atoms with Crippen LogP contribution in [-0.4, -0.2) is 27.2 Å². The van der Waals surface area contributed by atoms with E-state index in [4.69, 9.17) is 0 Å². The summed E-state index contributed by atoms with van der Waals surface area (Å²) in [5.41, 5.74) is -1.10. The number of nitrogens with one attached hydrogen (secondary N) is 1. The van der Waals surface area contributed by atoms with E-state index < -0.39 is 16.3 Å². The Kier molecular flexibility index (Phi) is 4.04. The molecule has 2 rings (SSSR count). The van der Waals surface area contributed by atoms with E-state index in [1.165, 1.54) is 12.3 Å². The van der Waals surface area contributed by atoms with Gasteiger partial charge in [-0.15, -0.1) is 0 Å². The molecule has 1 atom stereocenters. The van der Waals surface area contributed by atoms with Crippen LogP contribution < -0.4 is 5.32 Å². The van der Waals surface area contributed by atoms with Gasteiger partial charge >= 0.3 is 0 Å². The van der Waals surface area contributed by atoms with Crippen LogP contribution in [0.1, 0.15) is 20.3 Å². The second-order valence-electron chi connectivity index (χ2n) is 5.11. The van der Waals surface area contributed by atoms with Gasteiger partial charge in [0.2, 0.25) is 0 Å². The smallest absolute Gasteiger partial charge is 0.281 e. The van der Waals surface area contributed by atoms with Gasteiger partial charge in [0, 0.05) is 12.7 Å². The van der Waals surface area contributed by atoms with E-state index in [0.29, 0.717) is 6.42 Å². The van der Waals surface area contributed by atoms with Crippen molar-refractivity contribution in [3.8, 4) is 0 Å². The van der Waals surface area contributed by atoms with E-state index in [-0.39, 0.29) is 28.8 Å². The van der Waals surface area contributed by atoms with E-state index in [2.05, 4.69) is 10.3 Å². The van der Waals surface area contributed by atoms with Crippen LogP contribution in [0.15, 0.2) is 24.4 Å². The van der Waals surface area contributed by atoms with Crippen molar-refractivity contribution in [1.29, 1.82) is 0 Å². The molecule has 0 saturated carbocycles. The van der Waals surface area contributed by atoms with Gasteiger partial charge in [-0.1, -0.05) is 6.92 Å². The van der Waals surface area contributed by atoms with Crippen molar-refractivity contribution in [3.63, 3.8) is 0 Å². The van der Waals surface area contributed by atoms with Gasteiger partial charge in [0.25, 0.3) is 5.69 Å². The first-order chi connectivity index (χ1) is 9.85. The monoisotopic (exact) mass is 293 g/mol. The number of pyridine rings is 1. The average Bonchev–Trinajstić information content (AvgIpc) is 2.45. The Labute approximate surface area is 120 Å². The molecule has 2 aromatic rings. The number of rotatable bonds is 5. The van der Waals surface area contributed by atoms with Gasteiger partial charge in [0.1, 0.15) is 5.52 Å². The lowest BCUT2D eigenvalue weighted by Crippen LogP contribution is -2.32. The molecule has 0 spiro atoms. The minimum Gasteiger partial charge on any atom is -0.388 e. The summed E-state index contributed by atoms with van der Waals surface area (Å²) in [6.45, 7) is 3.55. The molecule has 0 aliphatic heterocycles. The normalized spacial score (nSPS) is 13.9. The molecule has 1 heterocycles. The Balaban J connectivity index is 2.52. The van der Waals surface area contributed by atoms with Crippen molar-refractivity contribution in [2.24, 2.45) is 0 Å². The Morgan fingerprint density at radius 3 is 2.90 bits per heavy atom. The third-order valence-electron chi connectivity index (χ3n) is 3.43. The van der Waals surface area contributed by atoms with Gasteiger partial charge in [-0.05, 0) is 25.5 Å². The molecule has 1 aromatic carbocycles. The number of hydrogen-bond donors (Lipinski definition) is 2. The van der Waals surface area contributed by atoms with E-state index in [1.807, 2.05) is 6.92 Å². The van der Waals surface area contributed by atoms with Gasteiger partial charge in [-0.2, -0.15) is 0 Å². The maximum Gasteiger partial charge on any atom is 0.281 e. The van der Waals surface area contributed by atoms with Crippen molar-refractivity contribution in [2.75, 3.05) is 11.9 Å². The molecule has 7 heteroatoms. The largest absolute Gasteiger partial charge is 0.388 e. The first kappa shape index (κ1) is 15.1. The summed E-state index contributed by atoms with van der Waals surface area (Å²) in [6.07, 6.45) is 1.93. The van der Waals surface area contributed by atoms with Gasteiger partial charge in [-0.3, -0.25) is 15.1 Å². The van der Waals surface area contributed by atoms with Crippen LogP contribution in [0.4, 0.5) is 15.8 Å². The standard InChI is InChI=1S/C14H16FN3O3/c1-3-14(2,19)8-17-13-10(15)7-11(18(20)21)9-5-4-6-16-12(9)13/h4-7,17,19H,3,8H2,1-2H3. The molecule has 0 radical (unpaired) electrons. The molecule has 0 aliphatic rings. The molecule has 0 amide bonds. The van der Waals surface area contributed by atoms with Crippen LogP contribution in [0.2, 0.25) is 0 Å². The van der Waals surface area contributed by atoms with Crippen LogP contribution in [0, 0.1) is 15.9 Å². The fraction of sp³-hybridized carbons (Fsp3) is 0.357. The lowest BCUT2D eigenvalue weighted by Gasteiger charge is -2.22. The van der Waals surface area contributed by atoms with Crippen molar-refractivity contribution in [1.82, 2.24) is 4.98 Å². The summed E-state index contributed by atoms with van der Waals surface area (Å²) in [4.78, 5) is 14.4. The fourth-order valence-electron chi connectivity index (χ4n) is 1.92. The summed E-state index contributed by atoms with van der Waals surface area (Å²) >= 11 is 0. The van der Waals surface area contributed by atoms with Crippen molar-refractivity contribution in [2.45, 2.75) is 25.9 Å². The topological polar surface area (TPSA) is 88.3 Å². The van der Waals surface area contributed by atoms with Gasteiger partial charge in [0.05, 0.1) is 27.7 Å². The van der Waals surface area contributed by atoms with E-state index in [0.717, 1.165) is 6.07 Å². The summed E-state index contributed by atoms with van der Waals surface area (Å²) in [6, 6.07) is 3.94. The quantitative estimate of drug-likeness (QED) is 0.653. The summed E-state index contributed by atoms with van der Waals surface area (Å²) in [5, 5.41) is 24.0. The molecule has 0 saturated heterocycles. The Bertz CT molecular complexity index is 688. The lowest BCUT2D eigenvalue weighted by atomic mass is 10.0. The molecule has 0 aliphatic carbocycles. The predicted octanol–water partition coefficient (Wildman–Crippen LogP) is 2.86. The number of fused-ring (bicyclic) bond motifs is 1. The molecule has 1 aromatic heterocycles. The third-order valence-corrected chi connectivity index (χ3v) is 3.43. The van der Waals surface area contributed by atoms with Crippen molar-refractivity contribution >= 4 is 22.3 Å². The van der Waals surface area contributed by atoms with Crippen LogP contribution in [0.5, 0.6) is 0 Å². The number of nitrogens with zero attached hydrogens (tertiary/aromatic N) is 2. The molecule has 0 fully saturated rings.